The third-order valence-corrected chi connectivity index (χ3v) is 12.2. The number of rotatable bonds is 4. The first-order valence-corrected chi connectivity index (χ1v) is 19.5. The highest BCUT2D eigenvalue weighted by molar-refractivity contribution is 7.59. The molecule has 4 aromatic heterocycles. The van der Waals surface area contributed by atoms with Crippen LogP contribution in [0.2, 0.25) is 0 Å². The fourth-order valence-electron chi connectivity index (χ4n) is 8.20. The number of aromatic nitrogens is 2. The van der Waals surface area contributed by atoms with Crippen LogP contribution < -0.4 is 0 Å². The maximum absolute atomic E-state index is 6.66. The second kappa shape index (κ2) is 11.8. The van der Waals surface area contributed by atoms with Crippen molar-refractivity contribution >= 4 is 91.3 Å². The molecule has 0 radical (unpaired) electrons. The van der Waals surface area contributed by atoms with Crippen molar-refractivity contribution in [1.29, 1.82) is 0 Å². The van der Waals surface area contributed by atoms with E-state index in [2.05, 4.69) is 150 Å². The SMILES string of the molecule is c1ccc(C2=NC(c3ccc4oc5ccc(-c6ccc7oc8c9ccccc9c9nc%10ccccc%10n9c8c7c6)cc5c4c3)=NC(c3ccccc3)P2)cc1. The average molecular weight is 725 g/mol. The summed E-state index contributed by atoms with van der Waals surface area (Å²) in [4.78, 5) is 15.5. The maximum Gasteiger partial charge on any atom is 0.160 e. The fraction of sp³-hybridized carbons (Fsp3) is 0.0208. The summed E-state index contributed by atoms with van der Waals surface area (Å²) in [5, 5.41) is 5.25. The van der Waals surface area contributed by atoms with Crippen LogP contribution in [0.4, 0.5) is 0 Å². The molecule has 7 aromatic carbocycles. The number of hydrogen-bond donors (Lipinski definition) is 0. The standard InChI is InChI=1S/C48H29N4O2P/c1-3-11-28(12-4-1)47-50-45(51-48(55-47)29-13-5-2-6-14-29)32-21-24-41-36(27-32)35-25-30(19-22-40(35)53-41)31-20-23-42-37(26-31)43-44(54-42)33-15-7-8-16-34(33)46-49-38-17-9-10-18-39(38)52(43)46/h1-27,47,55H. The molecule has 0 saturated heterocycles. The molecular weight excluding hydrogens is 696 g/mol. The van der Waals surface area contributed by atoms with Crippen molar-refractivity contribution in [3.05, 3.63) is 180 Å². The Hall–Kier alpha value is -6.88. The van der Waals surface area contributed by atoms with Crippen LogP contribution in [0.15, 0.2) is 183 Å². The quantitative estimate of drug-likeness (QED) is 0.170. The first-order valence-electron chi connectivity index (χ1n) is 18.4. The number of para-hydroxylation sites is 2. The van der Waals surface area contributed by atoms with E-state index in [0.717, 1.165) is 105 Å². The predicted molar refractivity (Wildman–Crippen MR) is 227 cm³/mol. The Morgan fingerprint density at radius 3 is 1.91 bits per heavy atom. The van der Waals surface area contributed by atoms with Gasteiger partial charge in [-0.25, -0.2) is 9.98 Å². The third-order valence-electron chi connectivity index (χ3n) is 10.8. The molecule has 6 nitrogen and oxygen atoms in total. The summed E-state index contributed by atoms with van der Waals surface area (Å²) < 4.78 is 15.3. The van der Waals surface area contributed by atoms with Crippen molar-refractivity contribution in [3.63, 3.8) is 0 Å². The third kappa shape index (κ3) is 4.75. The van der Waals surface area contributed by atoms with E-state index in [1.807, 2.05) is 18.2 Å². The van der Waals surface area contributed by atoms with Gasteiger partial charge in [-0.05, 0) is 79.9 Å². The van der Waals surface area contributed by atoms with Gasteiger partial charge in [-0.1, -0.05) is 109 Å². The Balaban J connectivity index is 1.02. The zero-order chi connectivity index (χ0) is 36.0. The van der Waals surface area contributed by atoms with Gasteiger partial charge >= 0.3 is 0 Å². The molecule has 0 aliphatic carbocycles. The van der Waals surface area contributed by atoms with Crippen LogP contribution in [0, 0.1) is 0 Å². The van der Waals surface area contributed by atoms with Crippen molar-refractivity contribution in [2.24, 2.45) is 9.98 Å². The highest BCUT2D eigenvalue weighted by Crippen LogP contribution is 2.44. The van der Waals surface area contributed by atoms with E-state index in [1.165, 1.54) is 5.56 Å². The Labute approximate surface area is 315 Å². The van der Waals surface area contributed by atoms with Crippen LogP contribution in [0.5, 0.6) is 0 Å². The van der Waals surface area contributed by atoms with Gasteiger partial charge in [-0.15, -0.1) is 0 Å². The van der Waals surface area contributed by atoms with E-state index in [9.17, 15) is 0 Å². The van der Waals surface area contributed by atoms with Gasteiger partial charge in [0.1, 0.15) is 27.9 Å². The maximum atomic E-state index is 6.66. The van der Waals surface area contributed by atoms with Crippen LogP contribution in [0.3, 0.4) is 0 Å². The minimum atomic E-state index is 0.000697. The molecule has 55 heavy (non-hydrogen) atoms. The van der Waals surface area contributed by atoms with Gasteiger partial charge in [0.15, 0.2) is 11.4 Å². The molecule has 1 aliphatic rings. The average Bonchev–Trinajstić information content (AvgIpc) is 3.95. The minimum Gasteiger partial charge on any atom is -0.456 e. The highest BCUT2D eigenvalue weighted by atomic mass is 31.1. The Morgan fingerprint density at radius 2 is 1.13 bits per heavy atom. The van der Waals surface area contributed by atoms with Gasteiger partial charge in [0.2, 0.25) is 0 Å². The molecule has 0 spiro atoms. The number of nitrogens with zero attached hydrogens (tertiary/aromatic N) is 4. The molecule has 2 atom stereocenters. The molecule has 0 saturated carbocycles. The molecule has 11 aromatic rings. The number of pyridine rings is 1. The monoisotopic (exact) mass is 724 g/mol. The summed E-state index contributed by atoms with van der Waals surface area (Å²) in [5.74, 6) is 0.739. The lowest BCUT2D eigenvalue weighted by Gasteiger charge is -2.21. The van der Waals surface area contributed by atoms with E-state index in [4.69, 9.17) is 23.8 Å². The van der Waals surface area contributed by atoms with E-state index in [0.29, 0.717) is 8.58 Å². The summed E-state index contributed by atoms with van der Waals surface area (Å²) in [6, 6.07) is 56.9. The summed E-state index contributed by atoms with van der Waals surface area (Å²) in [6.45, 7) is 0. The second-order valence-corrected chi connectivity index (χ2v) is 15.4. The van der Waals surface area contributed by atoms with Crippen molar-refractivity contribution in [2.75, 3.05) is 0 Å². The number of imidazole rings is 1. The van der Waals surface area contributed by atoms with Crippen molar-refractivity contribution < 1.29 is 8.83 Å². The largest absolute Gasteiger partial charge is 0.456 e. The number of fused-ring (bicyclic) bond motifs is 13. The van der Waals surface area contributed by atoms with Gasteiger partial charge in [-0.3, -0.25) is 9.39 Å². The lowest BCUT2D eigenvalue weighted by molar-refractivity contribution is 0.669. The first-order chi connectivity index (χ1) is 27.2. The van der Waals surface area contributed by atoms with E-state index >= 15 is 0 Å². The number of amidine groups is 1. The van der Waals surface area contributed by atoms with E-state index in [1.54, 1.807) is 0 Å². The molecule has 5 heterocycles. The van der Waals surface area contributed by atoms with Crippen LogP contribution in [-0.2, 0) is 0 Å². The lowest BCUT2D eigenvalue weighted by atomic mass is 10.0. The van der Waals surface area contributed by atoms with Gasteiger partial charge in [0.25, 0.3) is 0 Å². The van der Waals surface area contributed by atoms with Crippen LogP contribution in [-0.4, -0.2) is 20.7 Å². The molecule has 2 unspecified atom stereocenters. The molecule has 258 valence electrons. The molecule has 0 fully saturated rings. The molecule has 1 aliphatic heterocycles. The van der Waals surface area contributed by atoms with Crippen LogP contribution in [0.25, 0.3) is 82.6 Å². The number of aliphatic imine (C=N–C) groups is 2. The summed E-state index contributed by atoms with van der Waals surface area (Å²) in [5.41, 5.74) is 13.9. The van der Waals surface area contributed by atoms with E-state index in [-0.39, 0.29) is 5.78 Å². The molecule has 0 N–H and O–H groups in total. The first kappa shape index (κ1) is 30.6. The van der Waals surface area contributed by atoms with Gasteiger partial charge < -0.3 is 8.83 Å². The molecule has 12 rings (SSSR count). The topological polar surface area (TPSA) is 68.3 Å². The smallest absolute Gasteiger partial charge is 0.160 e. The predicted octanol–water partition coefficient (Wildman–Crippen LogP) is 12.7. The van der Waals surface area contributed by atoms with Crippen LogP contribution in [0.1, 0.15) is 22.5 Å². The molecule has 0 bridgehead atoms. The van der Waals surface area contributed by atoms with Gasteiger partial charge in [0.05, 0.1) is 22.3 Å². The number of hydrogen-bond acceptors (Lipinski definition) is 5. The molecule has 7 heteroatoms. The summed E-state index contributed by atoms with van der Waals surface area (Å²) >= 11 is 0. The number of furan rings is 2. The Bertz CT molecular complexity index is 3410. The summed E-state index contributed by atoms with van der Waals surface area (Å²) in [6.07, 6.45) is 0. The lowest BCUT2D eigenvalue weighted by Crippen LogP contribution is -2.11. The zero-order valence-corrected chi connectivity index (χ0v) is 30.3. The Morgan fingerprint density at radius 1 is 0.509 bits per heavy atom. The fourth-order valence-corrected chi connectivity index (χ4v) is 9.51. The molecule has 0 amide bonds. The van der Waals surface area contributed by atoms with Gasteiger partial charge in [0, 0.05) is 38.1 Å². The minimum absolute atomic E-state index is 0.000697. The number of benzene rings is 7. The van der Waals surface area contributed by atoms with E-state index < -0.39 is 0 Å². The molecular formula is C48H29N4O2P. The van der Waals surface area contributed by atoms with Crippen molar-refractivity contribution in [1.82, 2.24) is 9.38 Å². The van der Waals surface area contributed by atoms with Gasteiger partial charge in [-0.2, -0.15) is 0 Å². The summed E-state index contributed by atoms with van der Waals surface area (Å²) in [7, 11) is 0.431. The Kier molecular flexibility index (Phi) is 6.56. The highest BCUT2D eigenvalue weighted by Gasteiger charge is 2.23. The van der Waals surface area contributed by atoms with Crippen molar-refractivity contribution in [3.8, 4) is 11.1 Å². The van der Waals surface area contributed by atoms with Crippen LogP contribution >= 0.6 is 8.58 Å². The zero-order valence-electron chi connectivity index (χ0n) is 29.3. The normalized spacial score (nSPS) is 15.3. The van der Waals surface area contributed by atoms with Crippen molar-refractivity contribution in [2.45, 2.75) is 5.78 Å². The second-order valence-electron chi connectivity index (χ2n) is 14.1.